The van der Waals surface area contributed by atoms with Gasteiger partial charge >= 0.3 is 0 Å². The molecular weight excluding hydrogens is 430 g/mol. The lowest BCUT2D eigenvalue weighted by atomic mass is 10.1. The molecular formula is C22H21N5O2S2. The van der Waals surface area contributed by atoms with Crippen LogP contribution in [0.3, 0.4) is 0 Å². The molecule has 1 aromatic carbocycles. The van der Waals surface area contributed by atoms with Crippen molar-refractivity contribution in [1.82, 2.24) is 24.4 Å². The maximum atomic E-state index is 12.8. The van der Waals surface area contributed by atoms with Crippen molar-refractivity contribution in [1.29, 1.82) is 0 Å². The summed E-state index contributed by atoms with van der Waals surface area (Å²) in [6.45, 7) is 4.30. The molecule has 1 fully saturated rings. The van der Waals surface area contributed by atoms with Crippen LogP contribution in [-0.4, -0.2) is 68.1 Å². The number of para-hydroxylation sites is 1. The summed E-state index contributed by atoms with van der Waals surface area (Å²) < 4.78 is 2.01. The highest BCUT2D eigenvalue weighted by Crippen LogP contribution is 2.26. The molecule has 0 N–H and O–H groups in total. The van der Waals surface area contributed by atoms with E-state index in [-0.39, 0.29) is 11.8 Å². The number of carbonyl (C=O) groups is 2. The second-order valence-corrected chi connectivity index (χ2v) is 9.35. The molecule has 9 heteroatoms. The van der Waals surface area contributed by atoms with Gasteiger partial charge in [-0.15, -0.1) is 21.5 Å². The van der Waals surface area contributed by atoms with Crippen molar-refractivity contribution in [2.45, 2.75) is 12.1 Å². The number of pyridine rings is 1. The molecule has 5 rings (SSSR count). The van der Waals surface area contributed by atoms with Crippen molar-refractivity contribution < 1.29 is 9.59 Å². The van der Waals surface area contributed by atoms with Gasteiger partial charge in [0.15, 0.2) is 10.8 Å². The van der Waals surface area contributed by atoms with Crippen LogP contribution in [0.25, 0.3) is 16.6 Å². The minimum Gasteiger partial charge on any atom is -0.338 e. The molecule has 1 aliphatic heterocycles. The van der Waals surface area contributed by atoms with Gasteiger partial charge in [-0.05, 0) is 36.1 Å². The van der Waals surface area contributed by atoms with E-state index in [1.165, 1.54) is 23.1 Å². The van der Waals surface area contributed by atoms with E-state index in [1.807, 2.05) is 49.9 Å². The Balaban J connectivity index is 1.25. The van der Waals surface area contributed by atoms with E-state index >= 15 is 0 Å². The fourth-order valence-corrected chi connectivity index (χ4v) is 5.45. The molecule has 0 spiro atoms. The van der Waals surface area contributed by atoms with E-state index in [1.54, 1.807) is 0 Å². The van der Waals surface area contributed by atoms with E-state index in [0.717, 1.165) is 27.0 Å². The first-order chi connectivity index (χ1) is 15.1. The van der Waals surface area contributed by atoms with Gasteiger partial charge in [-0.2, -0.15) is 0 Å². The van der Waals surface area contributed by atoms with Crippen LogP contribution >= 0.6 is 23.1 Å². The Morgan fingerprint density at radius 1 is 1.03 bits per heavy atom. The molecule has 7 nitrogen and oxygen atoms in total. The lowest BCUT2D eigenvalue weighted by molar-refractivity contribution is -0.129. The number of rotatable bonds is 4. The summed E-state index contributed by atoms with van der Waals surface area (Å²) in [5.41, 5.74) is 2.98. The minimum atomic E-state index is 0.0496. The van der Waals surface area contributed by atoms with E-state index in [9.17, 15) is 9.59 Å². The number of thioether (sulfide) groups is 1. The molecule has 3 aromatic heterocycles. The zero-order valence-electron chi connectivity index (χ0n) is 17.0. The van der Waals surface area contributed by atoms with Crippen LogP contribution in [-0.2, 0) is 4.79 Å². The Morgan fingerprint density at radius 3 is 2.58 bits per heavy atom. The molecule has 0 bridgehead atoms. The second kappa shape index (κ2) is 8.32. The third-order valence-corrected chi connectivity index (χ3v) is 7.32. The van der Waals surface area contributed by atoms with Gasteiger partial charge in [0.2, 0.25) is 5.91 Å². The topological polar surface area (TPSA) is 70.8 Å². The van der Waals surface area contributed by atoms with Crippen LogP contribution in [0.4, 0.5) is 0 Å². The number of thiophene rings is 1. The first-order valence-corrected chi connectivity index (χ1v) is 11.9. The monoisotopic (exact) mass is 451 g/mol. The highest BCUT2D eigenvalue weighted by molar-refractivity contribution is 7.99. The molecule has 0 unspecified atom stereocenters. The molecule has 0 atom stereocenters. The Kier molecular flexibility index (Phi) is 5.37. The summed E-state index contributed by atoms with van der Waals surface area (Å²) in [5.74, 6) is 0.400. The van der Waals surface area contributed by atoms with Crippen LogP contribution in [0.2, 0.25) is 0 Å². The van der Waals surface area contributed by atoms with Crippen LogP contribution in [0, 0.1) is 6.92 Å². The number of aromatic nitrogens is 3. The number of hydrogen-bond acceptors (Lipinski definition) is 6. The van der Waals surface area contributed by atoms with Gasteiger partial charge in [0.25, 0.3) is 5.91 Å². The predicted molar refractivity (Wildman–Crippen MR) is 123 cm³/mol. The van der Waals surface area contributed by atoms with Gasteiger partial charge in [-0.25, -0.2) is 0 Å². The van der Waals surface area contributed by atoms with E-state index < -0.39 is 0 Å². The van der Waals surface area contributed by atoms with E-state index in [4.69, 9.17) is 0 Å². The number of fused-ring (bicyclic) bond motifs is 3. The average Bonchev–Trinajstić information content (AvgIpc) is 3.48. The summed E-state index contributed by atoms with van der Waals surface area (Å²) >= 11 is 2.85. The third-order valence-electron chi connectivity index (χ3n) is 5.55. The lowest BCUT2D eigenvalue weighted by Crippen LogP contribution is -2.51. The number of amides is 2. The molecule has 1 aliphatic rings. The smallest absolute Gasteiger partial charge is 0.264 e. The van der Waals surface area contributed by atoms with Gasteiger partial charge < -0.3 is 9.80 Å². The number of benzene rings is 1. The molecule has 158 valence electrons. The Hall–Kier alpha value is -2.91. The summed E-state index contributed by atoms with van der Waals surface area (Å²) in [7, 11) is 0. The van der Waals surface area contributed by atoms with Gasteiger partial charge in [0, 0.05) is 31.6 Å². The summed E-state index contributed by atoms with van der Waals surface area (Å²) in [6.07, 6.45) is 0. The Labute approximate surface area is 187 Å². The van der Waals surface area contributed by atoms with Crippen molar-refractivity contribution >= 4 is 51.5 Å². The van der Waals surface area contributed by atoms with Gasteiger partial charge in [-0.1, -0.05) is 36.0 Å². The number of hydrogen-bond donors (Lipinski definition) is 0. The number of nitrogens with zero attached hydrogens (tertiary/aromatic N) is 5. The molecule has 0 saturated carbocycles. The normalized spacial score (nSPS) is 14.5. The largest absolute Gasteiger partial charge is 0.338 e. The van der Waals surface area contributed by atoms with Crippen molar-refractivity contribution in [2.24, 2.45) is 0 Å². The Bertz CT molecular complexity index is 1260. The highest BCUT2D eigenvalue weighted by atomic mass is 32.2. The molecule has 4 aromatic rings. The lowest BCUT2D eigenvalue weighted by Gasteiger charge is -2.34. The minimum absolute atomic E-state index is 0.0496. The SMILES string of the molecule is Cc1cc2nnc(SCC(=O)N3CCN(C(=O)c4cccs4)CC3)n2c2ccccc12. The maximum Gasteiger partial charge on any atom is 0.264 e. The van der Waals surface area contributed by atoms with Gasteiger partial charge in [0.05, 0.1) is 16.1 Å². The molecule has 1 saturated heterocycles. The van der Waals surface area contributed by atoms with Crippen LogP contribution in [0.1, 0.15) is 15.2 Å². The molecule has 2 amide bonds. The summed E-state index contributed by atoms with van der Waals surface area (Å²) in [4.78, 5) is 29.7. The van der Waals surface area contributed by atoms with Crippen molar-refractivity contribution in [3.63, 3.8) is 0 Å². The summed E-state index contributed by atoms with van der Waals surface area (Å²) in [6, 6.07) is 13.9. The first-order valence-electron chi connectivity index (χ1n) is 10.1. The summed E-state index contributed by atoms with van der Waals surface area (Å²) in [5, 5.41) is 12.4. The fourth-order valence-electron chi connectivity index (χ4n) is 3.90. The van der Waals surface area contributed by atoms with Crippen molar-refractivity contribution in [2.75, 3.05) is 31.9 Å². The molecule has 0 aliphatic carbocycles. The average molecular weight is 452 g/mol. The van der Waals surface area contributed by atoms with Gasteiger partial charge in [-0.3, -0.25) is 14.0 Å². The van der Waals surface area contributed by atoms with Crippen molar-refractivity contribution in [3.05, 3.63) is 58.3 Å². The maximum absolute atomic E-state index is 12.8. The predicted octanol–water partition coefficient (Wildman–Crippen LogP) is 3.33. The standard InChI is InChI=1S/C22H21N5O2S2/c1-15-13-19-23-24-22(27(19)17-6-3-2-5-16(15)17)31-14-20(28)25-8-10-26(11-9-25)21(29)18-7-4-12-30-18/h2-7,12-13H,8-11,14H2,1H3. The van der Waals surface area contributed by atoms with Crippen LogP contribution < -0.4 is 0 Å². The molecule has 31 heavy (non-hydrogen) atoms. The zero-order chi connectivity index (χ0) is 21.4. The van der Waals surface area contributed by atoms with E-state index in [2.05, 4.69) is 29.3 Å². The van der Waals surface area contributed by atoms with E-state index in [0.29, 0.717) is 37.1 Å². The Morgan fingerprint density at radius 2 is 1.81 bits per heavy atom. The number of piperazine rings is 1. The van der Waals surface area contributed by atoms with Crippen molar-refractivity contribution in [3.8, 4) is 0 Å². The van der Waals surface area contributed by atoms with Gasteiger partial charge in [0.1, 0.15) is 0 Å². The highest BCUT2D eigenvalue weighted by Gasteiger charge is 2.25. The first kappa shape index (κ1) is 20.0. The van der Waals surface area contributed by atoms with Crippen LogP contribution in [0.15, 0.2) is 53.0 Å². The third kappa shape index (κ3) is 3.79. The molecule has 0 radical (unpaired) electrons. The second-order valence-electron chi connectivity index (χ2n) is 7.46. The zero-order valence-corrected chi connectivity index (χ0v) is 18.7. The number of aryl methyl sites for hydroxylation is 1. The number of carbonyl (C=O) groups excluding carboxylic acids is 2. The quantitative estimate of drug-likeness (QED) is 0.445. The molecule has 4 heterocycles. The van der Waals surface area contributed by atoms with Crippen LogP contribution in [0.5, 0.6) is 0 Å². The fraction of sp³-hybridized carbons (Fsp3) is 0.273.